The van der Waals surface area contributed by atoms with Crippen LogP contribution in [-0.4, -0.2) is 42.2 Å². The summed E-state index contributed by atoms with van der Waals surface area (Å²) in [6.07, 6.45) is 6.21. The van der Waals surface area contributed by atoms with E-state index in [0.717, 1.165) is 44.3 Å². The SMILES string of the molecule is N#Cc1cccc([C@]2(O)CC[C@H](NCCN3CCCC3)CC2)c1. The topological polar surface area (TPSA) is 59.3 Å². The summed E-state index contributed by atoms with van der Waals surface area (Å²) in [6, 6.07) is 10.1. The van der Waals surface area contributed by atoms with Gasteiger partial charge in [0, 0.05) is 19.1 Å². The molecule has 0 aromatic heterocycles. The Bertz CT molecular complexity index is 552. The number of nitrogens with one attached hydrogen (secondary N) is 1. The normalized spacial score (nSPS) is 28.6. The van der Waals surface area contributed by atoms with Crippen LogP contribution in [0.1, 0.15) is 49.7 Å². The molecule has 1 aliphatic heterocycles. The van der Waals surface area contributed by atoms with Gasteiger partial charge in [0.2, 0.25) is 0 Å². The van der Waals surface area contributed by atoms with Gasteiger partial charge in [-0.05, 0) is 69.3 Å². The van der Waals surface area contributed by atoms with Gasteiger partial charge in [-0.3, -0.25) is 0 Å². The van der Waals surface area contributed by atoms with Crippen LogP contribution in [0.3, 0.4) is 0 Å². The van der Waals surface area contributed by atoms with Gasteiger partial charge >= 0.3 is 0 Å². The highest BCUT2D eigenvalue weighted by Crippen LogP contribution is 2.37. The van der Waals surface area contributed by atoms with Crippen molar-refractivity contribution >= 4 is 0 Å². The lowest BCUT2D eigenvalue weighted by Gasteiger charge is -2.37. The monoisotopic (exact) mass is 313 g/mol. The molecule has 0 radical (unpaired) electrons. The van der Waals surface area contributed by atoms with Crippen LogP contribution in [0, 0.1) is 11.3 Å². The Labute approximate surface area is 139 Å². The van der Waals surface area contributed by atoms with E-state index in [1.807, 2.05) is 18.2 Å². The van der Waals surface area contributed by atoms with Crippen LogP contribution < -0.4 is 5.32 Å². The maximum atomic E-state index is 10.9. The van der Waals surface area contributed by atoms with Gasteiger partial charge in [0.1, 0.15) is 0 Å². The van der Waals surface area contributed by atoms with Crippen LogP contribution in [0.4, 0.5) is 0 Å². The van der Waals surface area contributed by atoms with Crippen molar-refractivity contribution in [3.63, 3.8) is 0 Å². The van der Waals surface area contributed by atoms with Crippen LogP contribution in [0.15, 0.2) is 24.3 Å². The van der Waals surface area contributed by atoms with E-state index in [2.05, 4.69) is 16.3 Å². The predicted octanol–water partition coefficient (Wildman–Crippen LogP) is 2.37. The zero-order valence-corrected chi connectivity index (χ0v) is 13.8. The maximum Gasteiger partial charge on any atom is 0.0991 e. The van der Waals surface area contributed by atoms with Gasteiger partial charge in [-0.2, -0.15) is 5.26 Å². The van der Waals surface area contributed by atoms with Crippen LogP contribution in [0.2, 0.25) is 0 Å². The average molecular weight is 313 g/mol. The predicted molar refractivity (Wildman–Crippen MR) is 91.0 cm³/mol. The molecule has 2 aliphatic rings. The highest BCUT2D eigenvalue weighted by atomic mass is 16.3. The van der Waals surface area contributed by atoms with E-state index in [1.54, 1.807) is 6.07 Å². The molecule has 2 fully saturated rings. The van der Waals surface area contributed by atoms with Gasteiger partial charge in [0.15, 0.2) is 0 Å². The van der Waals surface area contributed by atoms with Gasteiger partial charge in [-0.1, -0.05) is 12.1 Å². The molecule has 23 heavy (non-hydrogen) atoms. The molecular weight excluding hydrogens is 286 g/mol. The summed E-state index contributed by atoms with van der Waals surface area (Å²) in [4.78, 5) is 2.53. The molecule has 1 saturated heterocycles. The average Bonchev–Trinajstić information content (AvgIpc) is 3.10. The minimum Gasteiger partial charge on any atom is -0.385 e. The van der Waals surface area contributed by atoms with E-state index in [-0.39, 0.29) is 0 Å². The Morgan fingerprint density at radius 1 is 1.26 bits per heavy atom. The number of aliphatic hydroxyl groups is 1. The Balaban J connectivity index is 1.48. The van der Waals surface area contributed by atoms with Crippen molar-refractivity contribution in [3.8, 4) is 6.07 Å². The Kier molecular flexibility index (Phi) is 5.32. The lowest BCUT2D eigenvalue weighted by atomic mass is 9.77. The fourth-order valence-corrected chi connectivity index (χ4v) is 3.90. The Hall–Kier alpha value is -1.41. The van der Waals surface area contributed by atoms with Gasteiger partial charge in [0.25, 0.3) is 0 Å². The quantitative estimate of drug-likeness (QED) is 0.876. The minimum atomic E-state index is -0.764. The standard InChI is InChI=1S/C19H27N3O/c20-15-16-4-3-5-17(14-16)19(23)8-6-18(7-9-19)21-10-13-22-11-1-2-12-22/h3-5,14,18,21,23H,1-2,6-13H2/t18-,19-. The first-order chi connectivity index (χ1) is 11.2. The van der Waals surface area contributed by atoms with E-state index in [9.17, 15) is 5.11 Å². The zero-order valence-electron chi connectivity index (χ0n) is 13.8. The first-order valence-corrected chi connectivity index (χ1v) is 8.88. The van der Waals surface area contributed by atoms with E-state index in [1.165, 1.54) is 25.9 Å². The number of likely N-dealkylation sites (tertiary alicyclic amines) is 1. The second kappa shape index (κ2) is 7.44. The molecule has 3 rings (SSSR count). The van der Waals surface area contributed by atoms with Crippen molar-refractivity contribution in [1.29, 1.82) is 5.26 Å². The molecule has 0 amide bonds. The van der Waals surface area contributed by atoms with E-state index in [4.69, 9.17) is 5.26 Å². The summed E-state index contributed by atoms with van der Waals surface area (Å²) < 4.78 is 0. The third-order valence-electron chi connectivity index (χ3n) is 5.40. The summed E-state index contributed by atoms with van der Waals surface area (Å²) in [7, 11) is 0. The van der Waals surface area contributed by atoms with Crippen LogP contribution >= 0.6 is 0 Å². The van der Waals surface area contributed by atoms with Crippen LogP contribution in [0.5, 0.6) is 0 Å². The van der Waals surface area contributed by atoms with E-state index in [0.29, 0.717) is 11.6 Å². The maximum absolute atomic E-state index is 10.9. The Morgan fingerprint density at radius 3 is 2.70 bits per heavy atom. The molecule has 1 aromatic carbocycles. The Morgan fingerprint density at radius 2 is 2.00 bits per heavy atom. The van der Waals surface area contributed by atoms with Gasteiger partial charge < -0.3 is 15.3 Å². The first-order valence-electron chi connectivity index (χ1n) is 8.88. The molecule has 1 heterocycles. The molecule has 4 heteroatoms. The second-order valence-electron chi connectivity index (χ2n) is 7.00. The summed E-state index contributed by atoms with van der Waals surface area (Å²) in [5, 5.41) is 23.6. The number of nitriles is 1. The zero-order chi connectivity index (χ0) is 16.1. The third kappa shape index (κ3) is 4.11. The lowest BCUT2D eigenvalue weighted by molar-refractivity contribution is -0.00843. The van der Waals surface area contributed by atoms with Crippen LogP contribution in [0.25, 0.3) is 0 Å². The highest BCUT2D eigenvalue weighted by Gasteiger charge is 2.34. The van der Waals surface area contributed by atoms with E-state index >= 15 is 0 Å². The molecule has 124 valence electrons. The molecule has 1 aliphatic carbocycles. The number of rotatable bonds is 5. The molecule has 0 unspecified atom stereocenters. The van der Waals surface area contributed by atoms with Crippen molar-refractivity contribution in [1.82, 2.24) is 10.2 Å². The van der Waals surface area contributed by atoms with Crippen molar-refractivity contribution in [2.45, 2.75) is 50.2 Å². The number of benzene rings is 1. The summed E-state index contributed by atoms with van der Waals surface area (Å²) in [5.74, 6) is 0. The van der Waals surface area contributed by atoms with Crippen molar-refractivity contribution in [2.24, 2.45) is 0 Å². The molecule has 2 N–H and O–H groups in total. The van der Waals surface area contributed by atoms with Crippen molar-refractivity contribution in [2.75, 3.05) is 26.2 Å². The summed E-state index contributed by atoms with van der Waals surface area (Å²) >= 11 is 0. The molecule has 0 bridgehead atoms. The minimum absolute atomic E-state index is 0.511. The second-order valence-corrected chi connectivity index (χ2v) is 7.00. The molecule has 0 atom stereocenters. The third-order valence-corrected chi connectivity index (χ3v) is 5.40. The molecular formula is C19H27N3O. The van der Waals surface area contributed by atoms with Crippen molar-refractivity contribution < 1.29 is 5.11 Å². The molecule has 0 spiro atoms. The first kappa shape index (κ1) is 16.4. The van der Waals surface area contributed by atoms with Crippen LogP contribution in [-0.2, 0) is 5.60 Å². The lowest BCUT2D eigenvalue weighted by Crippen LogP contribution is -2.42. The fourth-order valence-electron chi connectivity index (χ4n) is 3.90. The van der Waals surface area contributed by atoms with Gasteiger partial charge in [0.05, 0.1) is 17.2 Å². The number of hydrogen-bond acceptors (Lipinski definition) is 4. The largest absolute Gasteiger partial charge is 0.385 e. The van der Waals surface area contributed by atoms with Gasteiger partial charge in [-0.15, -0.1) is 0 Å². The number of hydrogen-bond donors (Lipinski definition) is 2. The molecule has 1 aromatic rings. The molecule has 4 nitrogen and oxygen atoms in total. The summed E-state index contributed by atoms with van der Waals surface area (Å²) in [5.41, 5.74) is 0.758. The number of nitrogens with zero attached hydrogens (tertiary/aromatic N) is 2. The van der Waals surface area contributed by atoms with Crippen molar-refractivity contribution in [3.05, 3.63) is 35.4 Å². The van der Waals surface area contributed by atoms with E-state index < -0.39 is 5.60 Å². The fraction of sp³-hybridized carbons (Fsp3) is 0.632. The summed E-state index contributed by atoms with van der Waals surface area (Å²) in [6.45, 7) is 4.70. The molecule has 1 saturated carbocycles. The highest BCUT2D eigenvalue weighted by molar-refractivity contribution is 5.35. The van der Waals surface area contributed by atoms with Gasteiger partial charge in [-0.25, -0.2) is 0 Å². The smallest absolute Gasteiger partial charge is 0.0991 e.